The van der Waals surface area contributed by atoms with Gasteiger partial charge in [-0.05, 0) is 42.9 Å². The van der Waals surface area contributed by atoms with Gasteiger partial charge in [-0.3, -0.25) is 4.79 Å². The molecule has 0 unspecified atom stereocenters. The minimum Gasteiger partial charge on any atom is -0.356 e. The fraction of sp³-hybridized carbons (Fsp3) is 0.350. The topological polar surface area (TPSA) is 32.3 Å². The zero-order valence-electron chi connectivity index (χ0n) is 13.2. The third kappa shape index (κ3) is 2.96. The summed E-state index contributed by atoms with van der Waals surface area (Å²) in [4.78, 5) is 15.2. The van der Waals surface area contributed by atoms with Crippen LogP contribution in [0.25, 0.3) is 0 Å². The van der Waals surface area contributed by atoms with Gasteiger partial charge in [0.15, 0.2) is 0 Å². The van der Waals surface area contributed by atoms with Crippen molar-refractivity contribution in [1.29, 1.82) is 0 Å². The van der Waals surface area contributed by atoms with Crippen LogP contribution in [0.3, 0.4) is 0 Å². The molecule has 0 aromatic heterocycles. The van der Waals surface area contributed by atoms with Crippen molar-refractivity contribution in [1.82, 2.24) is 5.32 Å². The summed E-state index contributed by atoms with van der Waals surface area (Å²) in [6.45, 7) is 0.925. The Hall–Kier alpha value is -2.29. The van der Waals surface area contributed by atoms with Gasteiger partial charge in [-0.15, -0.1) is 0 Å². The number of hydrogen-bond donors (Lipinski definition) is 1. The minimum atomic E-state index is -0.238. The lowest BCUT2D eigenvalue weighted by molar-refractivity contribution is -0.122. The van der Waals surface area contributed by atoms with E-state index in [1.165, 1.54) is 11.3 Å². The molecule has 1 amide bonds. The molecule has 23 heavy (non-hydrogen) atoms. The molecule has 1 heterocycles. The molecule has 1 saturated carbocycles. The van der Waals surface area contributed by atoms with Gasteiger partial charge in [0, 0.05) is 18.3 Å². The summed E-state index contributed by atoms with van der Waals surface area (Å²) in [6.07, 6.45) is 4.42. The Morgan fingerprint density at radius 1 is 1.04 bits per heavy atom. The molecule has 0 saturated heterocycles. The number of rotatable bonds is 4. The highest BCUT2D eigenvalue weighted by Crippen LogP contribution is 2.34. The molecule has 1 fully saturated rings. The van der Waals surface area contributed by atoms with Gasteiger partial charge in [0.05, 0.1) is 0 Å². The van der Waals surface area contributed by atoms with E-state index in [2.05, 4.69) is 46.6 Å². The van der Waals surface area contributed by atoms with Gasteiger partial charge in [-0.25, -0.2) is 0 Å². The number of carbonyl (C=O) groups excluding carboxylic acids is 1. The molecular formula is C20H22N2O. The molecule has 2 aliphatic rings. The Morgan fingerprint density at radius 3 is 2.57 bits per heavy atom. The molecular weight excluding hydrogens is 284 g/mol. The van der Waals surface area contributed by atoms with E-state index in [9.17, 15) is 4.79 Å². The molecule has 2 aromatic rings. The lowest BCUT2D eigenvalue weighted by atomic mass is 9.96. The molecule has 1 atom stereocenters. The number of amides is 1. The molecule has 4 rings (SSSR count). The second kappa shape index (κ2) is 6.07. The van der Waals surface area contributed by atoms with Crippen LogP contribution in [-0.4, -0.2) is 18.5 Å². The van der Waals surface area contributed by atoms with Crippen LogP contribution in [0.1, 0.15) is 36.4 Å². The summed E-state index contributed by atoms with van der Waals surface area (Å²) in [6, 6.07) is 18.8. The van der Waals surface area contributed by atoms with Crippen molar-refractivity contribution < 1.29 is 4.79 Å². The van der Waals surface area contributed by atoms with Crippen LogP contribution < -0.4 is 10.2 Å². The van der Waals surface area contributed by atoms with Crippen molar-refractivity contribution in [2.24, 2.45) is 0 Å². The fourth-order valence-corrected chi connectivity index (χ4v) is 3.45. The Balaban J connectivity index is 1.72. The van der Waals surface area contributed by atoms with Crippen LogP contribution in [0.5, 0.6) is 0 Å². The Labute approximate surface area is 137 Å². The first-order chi connectivity index (χ1) is 11.3. The zero-order chi connectivity index (χ0) is 15.6. The Kier molecular flexibility index (Phi) is 3.78. The number of para-hydroxylation sites is 1. The van der Waals surface area contributed by atoms with Crippen molar-refractivity contribution in [2.75, 3.05) is 11.4 Å². The molecule has 118 valence electrons. The maximum absolute atomic E-state index is 13.0. The van der Waals surface area contributed by atoms with E-state index in [1.807, 2.05) is 18.2 Å². The van der Waals surface area contributed by atoms with E-state index in [0.29, 0.717) is 6.04 Å². The molecule has 1 aliphatic carbocycles. The van der Waals surface area contributed by atoms with E-state index in [-0.39, 0.29) is 11.9 Å². The normalized spacial score (nSPS) is 18.2. The summed E-state index contributed by atoms with van der Waals surface area (Å²) in [5.74, 6) is 0.135. The molecule has 2 aromatic carbocycles. The number of aryl methyl sites for hydroxylation is 1. The number of benzene rings is 2. The van der Waals surface area contributed by atoms with Gasteiger partial charge in [-0.1, -0.05) is 48.5 Å². The summed E-state index contributed by atoms with van der Waals surface area (Å²) in [5, 5.41) is 3.20. The lowest BCUT2D eigenvalue weighted by Crippen LogP contribution is -2.43. The highest BCUT2D eigenvalue weighted by Gasteiger charge is 2.33. The summed E-state index contributed by atoms with van der Waals surface area (Å²) < 4.78 is 0. The second-order valence-corrected chi connectivity index (χ2v) is 6.52. The molecule has 0 bridgehead atoms. The minimum absolute atomic E-state index is 0.135. The first-order valence-electron chi connectivity index (χ1n) is 8.53. The van der Waals surface area contributed by atoms with Crippen molar-refractivity contribution in [3.63, 3.8) is 0 Å². The molecule has 1 N–H and O–H groups in total. The molecule has 0 radical (unpaired) electrons. The van der Waals surface area contributed by atoms with E-state index in [4.69, 9.17) is 0 Å². The standard InChI is InChI=1S/C20H22N2O/c23-20(21-17-12-13-17)19(16-8-2-1-3-9-16)22-14-6-10-15-7-4-5-11-18(15)22/h1-5,7-9,11,17,19H,6,10,12-14H2,(H,21,23)/t19-/m0/s1. The quantitative estimate of drug-likeness (QED) is 0.938. The smallest absolute Gasteiger partial charge is 0.247 e. The predicted molar refractivity (Wildman–Crippen MR) is 92.5 cm³/mol. The largest absolute Gasteiger partial charge is 0.356 e. The fourth-order valence-electron chi connectivity index (χ4n) is 3.45. The number of fused-ring (bicyclic) bond motifs is 1. The maximum Gasteiger partial charge on any atom is 0.247 e. The second-order valence-electron chi connectivity index (χ2n) is 6.52. The van der Waals surface area contributed by atoms with Gasteiger partial charge >= 0.3 is 0 Å². The van der Waals surface area contributed by atoms with Crippen molar-refractivity contribution in [3.05, 3.63) is 65.7 Å². The van der Waals surface area contributed by atoms with E-state index in [1.54, 1.807) is 0 Å². The first kappa shape index (κ1) is 14.3. The van der Waals surface area contributed by atoms with Crippen LogP contribution in [0.2, 0.25) is 0 Å². The summed E-state index contributed by atoms with van der Waals surface area (Å²) in [5.41, 5.74) is 3.62. The number of nitrogens with zero attached hydrogens (tertiary/aromatic N) is 1. The van der Waals surface area contributed by atoms with Crippen LogP contribution in [-0.2, 0) is 11.2 Å². The van der Waals surface area contributed by atoms with Gasteiger partial charge < -0.3 is 10.2 Å². The number of anilines is 1. The summed E-state index contributed by atoms with van der Waals surface area (Å²) >= 11 is 0. The number of hydrogen-bond acceptors (Lipinski definition) is 2. The SMILES string of the molecule is O=C(NC1CC1)[C@H](c1ccccc1)N1CCCc2ccccc21. The molecule has 3 nitrogen and oxygen atoms in total. The van der Waals surface area contributed by atoms with Gasteiger partial charge in [0.2, 0.25) is 5.91 Å². The lowest BCUT2D eigenvalue weighted by Gasteiger charge is -2.37. The van der Waals surface area contributed by atoms with Crippen molar-refractivity contribution in [2.45, 2.75) is 37.8 Å². The zero-order valence-corrected chi connectivity index (χ0v) is 13.2. The Bertz CT molecular complexity index is 694. The summed E-state index contributed by atoms with van der Waals surface area (Å²) in [7, 11) is 0. The van der Waals surface area contributed by atoms with Crippen LogP contribution in [0.15, 0.2) is 54.6 Å². The van der Waals surface area contributed by atoms with E-state index >= 15 is 0 Å². The van der Waals surface area contributed by atoms with Gasteiger partial charge in [0.1, 0.15) is 6.04 Å². The highest BCUT2D eigenvalue weighted by molar-refractivity contribution is 5.87. The molecule has 0 spiro atoms. The highest BCUT2D eigenvalue weighted by atomic mass is 16.2. The predicted octanol–water partition coefficient (Wildman–Crippen LogP) is 3.46. The van der Waals surface area contributed by atoms with E-state index < -0.39 is 0 Å². The molecule has 3 heteroatoms. The average Bonchev–Trinajstić information content (AvgIpc) is 3.40. The third-order valence-electron chi connectivity index (χ3n) is 4.75. The first-order valence-corrected chi connectivity index (χ1v) is 8.53. The number of carbonyl (C=O) groups is 1. The van der Waals surface area contributed by atoms with E-state index in [0.717, 1.165) is 37.8 Å². The maximum atomic E-state index is 13.0. The third-order valence-corrected chi connectivity index (χ3v) is 4.75. The van der Waals surface area contributed by atoms with Crippen LogP contribution in [0.4, 0.5) is 5.69 Å². The van der Waals surface area contributed by atoms with Crippen LogP contribution in [0, 0.1) is 0 Å². The van der Waals surface area contributed by atoms with Gasteiger partial charge in [0.25, 0.3) is 0 Å². The molecule has 1 aliphatic heterocycles. The van der Waals surface area contributed by atoms with Crippen molar-refractivity contribution >= 4 is 11.6 Å². The Morgan fingerprint density at radius 2 is 1.78 bits per heavy atom. The van der Waals surface area contributed by atoms with Crippen molar-refractivity contribution in [3.8, 4) is 0 Å². The van der Waals surface area contributed by atoms with Gasteiger partial charge in [-0.2, -0.15) is 0 Å². The average molecular weight is 306 g/mol. The monoisotopic (exact) mass is 306 g/mol. The van der Waals surface area contributed by atoms with Crippen LogP contribution >= 0.6 is 0 Å². The number of nitrogens with one attached hydrogen (secondary N) is 1.